The van der Waals surface area contributed by atoms with Gasteiger partial charge in [-0.25, -0.2) is 0 Å². The van der Waals surface area contributed by atoms with Crippen LogP contribution in [0.25, 0.3) is 10.8 Å². The van der Waals surface area contributed by atoms with Crippen molar-refractivity contribution in [1.29, 1.82) is 0 Å². The normalized spacial score (nSPS) is 45.5. The molecular formula is C28H27NO3. The van der Waals surface area contributed by atoms with Gasteiger partial charge in [0, 0.05) is 29.8 Å². The highest BCUT2D eigenvalue weighted by molar-refractivity contribution is 6.04. The average molecular weight is 426 g/mol. The van der Waals surface area contributed by atoms with E-state index in [1.165, 1.54) is 34.8 Å². The van der Waals surface area contributed by atoms with Gasteiger partial charge in [-0.05, 0) is 84.1 Å². The van der Waals surface area contributed by atoms with E-state index in [1.807, 2.05) is 12.4 Å². The fourth-order valence-electron chi connectivity index (χ4n) is 8.36. The van der Waals surface area contributed by atoms with Gasteiger partial charge >= 0.3 is 0 Å². The van der Waals surface area contributed by atoms with Crippen LogP contribution in [0, 0.1) is 11.3 Å². The number of allylic oxidation sites excluding steroid dienone is 1. The molecule has 3 aliphatic heterocycles. The zero-order valence-corrected chi connectivity index (χ0v) is 18.3. The number of benzene rings is 1. The third-order valence-electron chi connectivity index (χ3n) is 9.92. The predicted molar refractivity (Wildman–Crippen MR) is 120 cm³/mol. The molecule has 162 valence electrons. The summed E-state index contributed by atoms with van der Waals surface area (Å²) in [5.74, 6) is 1.17. The van der Waals surface area contributed by atoms with Crippen molar-refractivity contribution in [2.45, 2.75) is 74.8 Å². The Balaban J connectivity index is 1.23. The second kappa shape index (κ2) is 5.60. The lowest BCUT2D eigenvalue weighted by atomic mass is 9.58. The van der Waals surface area contributed by atoms with Crippen LogP contribution in [0.5, 0.6) is 0 Å². The minimum absolute atomic E-state index is 0.0813. The van der Waals surface area contributed by atoms with Crippen LogP contribution in [0.15, 0.2) is 60.0 Å². The van der Waals surface area contributed by atoms with Crippen molar-refractivity contribution in [1.82, 2.24) is 4.98 Å². The van der Waals surface area contributed by atoms with Crippen molar-refractivity contribution in [3.63, 3.8) is 0 Å². The highest BCUT2D eigenvalue weighted by atomic mass is 16.6. The number of ketones is 1. The zero-order chi connectivity index (χ0) is 21.3. The molecule has 4 nitrogen and oxygen atoms in total. The number of aromatic nitrogens is 1. The van der Waals surface area contributed by atoms with Crippen molar-refractivity contribution in [2.75, 3.05) is 0 Å². The average Bonchev–Trinajstić information content (AvgIpc) is 3.39. The van der Waals surface area contributed by atoms with Gasteiger partial charge in [-0.1, -0.05) is 25.1 Å². The van der Waals surface area contributed by atoms with Gasteiger partial charge in [-0.2, -0.15) is 0 Å². The highest BCUT2D eigenvalue weighted by Gasteiger charge is 2.70. The van der Waals surface area contributed by atoms with Gasteiger partial charge in [-0.15, -0.1) is 0 Å². The monoisotopic (exact) mass is 425 g/mol. The topological polar surface area (TPSA) is 51.7 Å². The lowest BCUT2D eigenvalue weighted by Crippen LogP contribution is -2.55. The summed E-state index contributed by atoms with van der Waals surface area (Å²) >= 11 is 0. The molecule has 32 heavy (non-hydrogen) atoms. The number of carbonyl (C=O) groups excluding carboxylic acids is 1. The molecule has 0 unspecified atom stereocenters. The lowest BCUT2D eigenvalue weighted by molar-refractivity contribution is -0.141. The SMILES string of the molecule is C[C@]12CC=C3C=C4C(=O)[C@@H]5O[C@@H]5C[C@]45CC[C@]3(O5)[C@@H]1CC[C@@H]2c1ccc2ccncc2c1. The third kappa shape index (κ3) is 2.03. The summed E-state index contributed by atoms with van der Waals surface area (Å²) in [5, 5.41) is 2.48. The molecule has 3 aliphatic carbocycles. The van der Waals surface area contributed by atoms with Gasteiger partial charge in [0.25, 0.3) is 0 Å². The maximum atomic E-state index is 13.0. The quantitative estimate of drug-likeness (QED) is 0.601. The van der Waals surface area contributed by atoms with Crippen LogP contribution in [-0.4, -0.2) is 34.2 Å². The predicted octanol–water partition coefficient (Wildman–Crippen LogP) is 5.03. The Morgan fingerprint density at radius 3 is 3.00 bits per heavy atom. The second-order valence-corrected chi connectivity index (χ2v) is 11.2. The first-order valence-corrected chi connectivity index (χ1v) is 12.2. The first-order valence-electron chi connectivity index (χ1n) is 12.2. The third-order valence-corrected chi connectivity index (χ3v) is 9.92. The maximum Gasteiger partial charge on any atom is 0.193 e. The molecule has 1 aromatic carbocycles. The minimum atomic E-state index is -0.406. The molecule has 7 atom stereocenters. The number of hydrogen-bond acceptors (Lipinski definition) is 4. The summed E-state index contributed by atoms with van der Waals surface area (Å²) in [4.78, 5) is 17.3. The van der Waals surface area contributed by atoms with Crippen molar-refractivity contribution in [2.24, 2.45) is 11.3 Å². The van der Waals surface area contributed by atoms with Crippen LogP contribution in [0.4, 0.5) is 0 Å². The zero-order valence-electron chi connectivity index (χ0n) is 18.3. The van der Waals surface area contributed by atoms with E-state index >= 15 is 0 Å². The van der Waals surface area contributed by atoms with Crippen LogP contribution in [0.2, 0.25) is 0 Å². The van der Waals surface area contributed by atoms with Crippen molar-refractivity contribution < 1.29 is 14.3 Å². The summed E-state index contributed by atoms with van der Waals surface area (Å²) in [6.07, 6.45) is 14.6. The van der Waals surface area contributed by atoms with Crippen LogP contribution in [0.1, 0.15) is 56.9 Å². The van der Waals surface area contributed by atoms with E-state index in [0.29, 0.717) is 11.8 Å². The Morgan fingerprint density at radius 2 is 2.06 bits per heavy atom. The van der Waals surface area contributed by atoms with E-state index < -0.39 is 5.60 Å². The first kappa shape index (κ1) is 18.2. The van der Waals surface area contributed by atoms with Crippen LogP contribution in [0.3, 0.4) is 0 Å². The molecule has 6 aliphatic rings. The molecule has 2 bridgehead atoms. The Labute approximate surface area is 187 Å². The van der Waals surface area contributed by atoms with Crippen LogP contribution < -0.4 is 0 Å². The fraction of sp³-hybridized carbons (Fsp3) is 0.500. The van der Waals surface area contributed by atoms with Gasteiger partial charge in [0.2, 0.25) is 0 Å². The summed E-state index contributed by atoms with van der Waals surface area (Å²) < 4.78 is 12.8. The molecule has 2 spiro atoms. The van der Waals surface area contributed by atoms with E-state index in [-0.39, 0.29) is 29.0 Å². The molecule has 0 radical (unpaired) electrons. The molecule has 4 heterocycles. The van der Waals surface area contributed by atoms with Gasteiger partial charge in [0.05, 0.1) is 11.7 Å². The number of carbonyl (C=O) groups is 1. The van der Waals surface area contributed by atoms with E-state index in [0.717, 1.165) is 31.3 Å². The van der Waals surface area contributed by atoms with Crippen LogP contribution in [-0.2, 0) is 14.3 Å². The van der Waals surface area contributed by atoms with Crippen molar-refractivity contribution in [3.8, 4) is 0 Å². The Bertz CT molecular complexity index is 1280. The summed E-state index contributed by atoms with van der Waals surface area (Å²) in [6.45, 7) is 2.49. The van der Waals surface area contributed by atoms with Gasteiger partial charge in [0.1, 0.15) is 11.7 Å². The largest absolute Gasteiger partial charge is 0.361 e. The van der Waals surface area contributed by atoms with Crippen LogP contribution >= 0.6 is 0 Å². The Hall–Kier alpha value is -2.30. The van der Waals surface area contributed by atoms with E-state index in [4.69, 9.17) is 9.47 Å². The van der Waals surface area contributed by atoms with E-state index in [1.54, 1.807) is 0 Å². The van der Waals surface area contributed by atoms with E-state index in [9.17, 15) is 4.79 Å². The van der Waals surface area contributed by atoms with Gasteiger partial charge < -0.3 is 9.47 Å². The lowest BCUT2D eigenvalue weighted by Gasteiger charge is -2.53. The highest BCUT2D eigenvalue weighted by Crippen LogP contribution is 2.69. The Kier molecular flexibility index (Phi) is 3.18. The Morgan fingerprint density at radius 1 is 1.12 bits per heavy atom. The molecule has 4 fully saturated rings. The molecule has 2 aromatic rings. The smallest absolute Gasteiger partial charge is 0.193 e. The number of fused-ring (bicyclic) bond motifs is 3. The van der Waals surface area contributed by atoms with Crippen molar-refractivity contribution >= 4 is 16.6 Å². The minimum Gasteiger partial charge on any atom is -0.361 e. The molecule has 2 saturated heterocycles. The molecule has 0 N–H and O–H groups in total. The molecular weight excluding hydrogens is 398 g/mol. The molecule has 0 amide bonds. The molecule has 8 rings (SSSR count). The number of Topliss-reactive ketones (excluding diaryl/α,β-unsaturated/α-hetero) is 1. The summed E-state index contributed by atoms with van der Waals surface area (Å²) in [6, 6.07) is 9.03. The molecule has 2 saturated carbocycles. The van der Waals surface area contributed by atoms with E-state index in [2.05, 4.69) is 48.3 Å². The maximum absolute atomic E-state index is 13.0. The number of rotatable bonds is 1. The van der Waals surface area contributed by atoms with Gasteiger partial charge in [0.15, 0.2) is 5.78 Å². The summed E-state index contributed by atoms with van der Waals surface area (Å²) in [7, 11) is 0. The number of pyridine rings is 1. The number of hydrogen-bond donors (Lipinski definition) is 0. The standard InChI is InChI=1S/C28H27NO3/c1-26-8-6-19-13-21-24(30)25-22(31-25)14-27(21)9-10-28(19,32-27)23(26)5-4-20(26)17-3-2-16-7-11-29-15-18(16)12-17/h2-3,6-7,11-13,15,20,22-23,25H,4-5,8-10,14H2,1H3/t20-,22-,23-,25-,26-,27-,28-/m1/s1. The second-order valence-electron chi connectivity index (χ2n) is 11.2. The number of nitrogens with zero attached hydrogens (tertiary/aromatic N) is 1. The summed E-state index contributed by atoms with van der Waals surface area (Å²) in [5.41, 5.74) is 3.14. The molecule has 1 aromatic heterocycles. The first-order chi connectivity index (χ1) is 15.5. The number of epoxide rings is 1. The molecule has 4 heteroatoms. The number of ether oxygens (including phenoxy) is 2. The van der Waals surface area contributed by atoms with Crippen molar-refractivity contribution in [3.05, 3.63) is 65.5 Å². The van der Waals surface area contributed by atoms with Gasteiger partial charge in [-0.3, -0.25) is 9.78 Å². The fourth-order valence-corrected chi connectivity index (χ4v) is 8.36.